The summed E-state index contributed by atoms with van der Waals surface area (Å²) in [6.45, 7) is 3.37. The summed E-state index contributed by atoms with van der Waals surface area (Å²) in [6.07, 6.45) is 3.97. The van der Waals surface area contributed by atoms with Gasteiger partial charge >= 0.3 is 0 Å². The van der Waals surface area contributed by atoms with Gasteiger partial charge in [-0.2, -0.15) is 0 Å². The first-order valence-corrected chi connectivity index (χ1v) is 9.50. The molecule has 3 rings (SSSR count). The van der Waals surface area contributed by atoms with Crippen LogP contribution in [-0.2, 0) is 20.9 Å². The fourth-order valence-electron chi connectivity index (χ4n) is 2.59. The Labute approximate surface area is 156 Å². The maximum Gasteiger partial charge on any atom is 0.230 e. The maximum absolute atomic E-state index is 12.3. The monoisotopic (exact) mass is 374 g/mol. The van der Waals surface area contributed by atoms with E-state index in [1.165, 1.54) is 11.8 Å². The molecule has 2 atom stereocenters. The van der Waals surface area contributed by atoms with Crippen LogP contribution in [0.1, 0.15) is 17.8 Å². The molecule has 0 spiro atoms. The van der Waals surface area contributed by atoms with Crippen molar-refractivity contribution < 1.29 is 14.3 Å². The highest BCUT2D eigenvalue weighted by Gasteiger charge is 2.28. The average molecular weight is 374 g/mol. The maximum atomic E-state index is 12.3. The van der Waals surface area contributed by atoms with Crippen LogP contribution in [0.5, 0.6) is 0 Å². The van der Waals surface area contributed by atoms with Crippen molar-refractivity contribution in [2.75, 3.05) is 19.0 Å². The Morgan fingerprint density at radius 3 is 3.08 bits per heavy atom. The molecule has 1 amide bonds. The predicted octanol–water partition coefficient (Wildman–Crippen LogP) is 1.76. The number of ether oxygens (including phenoxy) is 2. The van der Waals surface area contributed by atoms with Crippen molar-refractivity contribution in [3.63, 3.8) is 0 Å². The lowest BCUT2D eigenvalue weighted by Crippen LogP contribution is -2.50. The molecule has 7 nitrogen and oxygen atoms in total. The fourth-order valence-corrected chi connectivity index (χ4v) is 3.28. The highest BCUT2D eigenvalue weighted by molar-refractivity contribution is 7.99. The molecule has 0 saturated carbocycles. The number of rotatable bonds is 7. The van der Waals surface area contributed by atoms with Gasteiger partial charge in [0.2, 0.25) is 5.91 Å². The number of pyridine rings is 1. The molecule has 1 aliphatic rings. The van der Waals surface area contributed by atoms with E-state index in [1.807, 2.05) is 31.2 Å². The van der Waals surface area contributed by atoms with Crippen molar-refractivity contribution in [1.29, 1.82) is 0 Å². The molecule has 0 bridgehead atoms. The van der Waals surface area contributed by atoms with Crippen molar-refractivity contribution in [3.05, 3.63) is 48.0 Å². The van der Waals surface area contributed by atoms with Crippen molar-refractivity contribution in [3.8, 4) is 0 Å². The molecular formula is C18H22N4O3S. The summed E-state index contributed by atoms with van der Waals surface area (Å²) < 4.78 is 11.4. The molecule has 8 heteroatoms. The van der Waals surface area contributed by atoms with Gasteiger partial charge in [-0.3, -0.25) is 9.78 Å². The van der Waals surface area contributed by atoms with Gasteiger partial charge in [-0.25, -0.2) is 9.97 Å². The topological polar surface area (TPSA) is 86.2 Å². The summed E-state index contributed by atoms with van der Waals surface area (Å²) in [5, 5.41) is 3.66. The number of nitrogens with zero attached hydrogens (tertiary/aromatic N) is 3. The summed E-state index contributed by atoms with van der Waals surface area (Å²) in [4.78, 5) is 25.0. The molecule has 26 heavy (non-hydrogen) atoms. The van der Waals surface area contributed by atoms with Crippen LogP contribution >= 0.6 is 11.8 Å². The number of aryl methyl sites for hydroxylation is 1. The first-order chi connectivity index (χ1) is 12.7. The second-order valence-electron chi connectivity index (χ2n) is 5.98. The molecule has 1 aliphatic heterocycles. The molecule has 0 aliphatic carbocycles. The Kier molecular flexibility index (Phi) is 6.93. The molecule has 1 fully saturated rings. The first kappa shape index (κ1) is 18.8. The Bertz CT molecular complexity index is 717. The smallest absolute Gasteiger partial charge is 0.230 e. The third kappa shape index (κ3) is 5.76. The first-order valence-electron chi connectivity index (χ1n) is 8.52. The molecule has 1 saturated heterocycles. The molecule has 0 aromatic carbocycles. The molecule has 2 aromatic heterocycles. The third-order valence-electron chi connectivity index (χ3n) is 3.93. The van der Waals surface area contributed by atoms with Crippen LogP contribution in [0.2, 0.25) is 0 Å². The van der Waals surface area contributed by atoms with E-state index in [4.69, 9.17) is 9.47 Å². The van der Waals surface area contributed by atoms with Crippen LogP contribution in [0.3, 0.4) is 0 Å². The minimum Gasteiger partial charge on any atom is -0.379 e. The van der Waals surface area contributed by atoms with E-state index in [0.717, 1.165) is 17.8 Å². The number of hydrogen-bond donors (Lipinski definition) is 1. The summed E-state index contributed by atoms with van der Waals surface area (Å²) in [7, 11) is 0. The number of carbonyl (C=O) groups excluding carboxylic acids is 1. The van der Waals surface area contributed by atoms with Crippen LogP contribution < -0.4 is 5.32 Å². The zero-order valence-electron chi connectivity index (χ0n) is 14.6. The number of carbonyl (C=O) groups is 1. The normalized spacial score (nSPS) is 19.9. The van der Waals surface area contributed by atoms with Crippen molar-refractivity contribution >= 4 is 17.7 Å². The van der Waals surface area contributed by atoms with Gasteiger partial charge in [0.05, 0.1) is 30.7 Å². The average Bonchev–Trinajstić information content (AvgIpc) is 2.67. The number of nitrogens with one attached hydrogen (secondary N) is 1. The minimum absolute atomic E-state index is 0.0570. The van der Waals surface area contributed by atoms with Crippen LogP contribution in [0.4, 0.5) is 0 Å². The fraction of sp³-hybridized carbons (Fsp3) is 0.444. The van der Waals surface area contributed by atoms with Crippen LogP contribution in [-0.4, -0.2) is 52.0 Å². The minimum atomic E-state index is -0.185. The van der Waals surface area contributed by atoms with Gasteiger partial charge in [-0.05, 0) is 31.5 Å². The van der Waals surface area contributed by atoms with Crippen LogP contribution in [0.15, 0.2) is 41.8 Å². The van der Waals surface area contributed by atoms with Crippen LogP contribution in [0.25, 0.3) is 0 Å². The number of aromatic nitrogens is 3. The summed E-state index contributed by atoms with van der Waals surface area (Å²) in [5.41, 5.74) is 1.74. The van der Waals surface area contributed by atoms with E-state index in [2.05, 4.69) is 20.3 Å². The lowest BCUT2D eigenvalue weighted by Gasteiger charge is -2.32. The second-order valence-corrected chi connectivity index (χ2v) is 6.92. The van der Waals surface area contributed by atoms with Crippen molar-refractivity contribution in [2.45, 2.75) is 37.3 Å². The SMILES string of the molecule is Cc1ccnc(SCC(=O)N[C@@H]2CCOC[C@H]2OCc2ccccn2)n1. The zero-order valence-corrected chi connectivity index (χ0v) is 15.4. The summed E-state index contributed by atoms with van der Waals surface area (Å²) in [6, 6.07) is 7.46. The zero-order chi connectivity index (χ0) is 18.2. The lowest BCUT2D eigenvalue weighted by atomic mass is 10.1. The largest absolute Gasteiger partial charge is 0.379 e. The standard InChI is InChI=1S/C18H22N4O3S/c1-13-5-8-20-18(21-13)26-12-17(23)22-15-6-9-24-11-16(15)25-10-14-4-2-3-7-19-14/h2-5,7-8,15-16H,6,9-12H2,1H3,(H,22,23)/t15-,16-/m1/s1. The molecule has 3 heterocycles. The molecule has 0 radical (unpaired) electrons. The van der Waals surface area contributed by atoms with E-state index in [0.29, 0.717) is 25.0 Å². The quantitative estimate of drug-likeness (QED) is 0.584. The molecule has 0 unspecified atom stereocenters. The molecule has 1 N–H and O–H groups in total. The van der Waals surface area contributed by atoms with Crippen LogP contribution in [0, 0.1) is 6.92 Å². The number of amides is 1. The number of hydrogen-bond acceptors (Lipinski definition) is 7. The molecule has 2 aromatic rings. The van der Waals surface area contributed by atoms with E-state index in [9.17, 15) is 4.79 Å². The van der Waals surface area contributed by atoms with E-state index >= 15 is 0 Å². The predicted molar refractivity (Wildman–Crippen MR) is 97.7 cm³/mol. The lowest BCUT2D eigenvalue weighted by molar-refractivity contribution is -0.124. The molecule has 138 valence electrons. The van der Waals surface area contributed by atoms with Gasteiger partial charge in [0.25, 0.3) is 0 Å². The Morgan fingerprint density at radius 2 is 2.27 bits per heavy atom. The highest BCUT2D eigenvalue weighted by atomic mass is 32.2. The van der Waals surface area contributed by atoms with E-state index in [-0.39, 0.29) is 23.8 Å². The second kappa shape index (κ2) is 9.61. The Morgan fingerprint density at radius 1 is 1.35 bits per heavy atom. The van der Waals surface area contributed by atoms with Gasteiger partial charge in [0.1, 0.15) is 6.10 Å². The van der Waals surface area contributed by atoms with Crippen molar-refractivity contribution in [2.24, 2.45) is 0 Å². The number of thioether (sulfide) groups is 1. The van der Waals surface area contributed by atoms with Gasteiger partial charge in [0.15, 0.2) is 5.16 Å². The molecular weight excluding hydrogens is 352 g/mol. The highest BCUT2D eigenvalue weighted by Crippen LogP contribution is 2.15. The van der Waals surface area contributed by atoms with Crippen molar-refractivity contribution in [1.82, 2.24) is 20.3 Å². The summed E-state index contributed by atoms with van der Waals surface area (Å²) in [5.74, 6) is 0.215. The van der Waals surface area contributed by atoms with E-state index in [1.54, 1.807) is 12.4 Å². The van der Waals surface area contributed by atoms with Gasteiger partial charge in [0, 0.05) is 24.7 Å². The Hall–Kier alpha value is -2.03. The van der Waals surface area contributed by atoms with Gasteiger partial charge in [-0.1, -0.05) is 17.8 Å². The van der Waals surface area contributed by atoms with Gasteiger partial charge in [-0.15, -0.1) is 0 Å². The Balaban J connectivity index is 1.48. The van der Waals surface area contributed by atoms with Gasteiger partial charge < -0.3 is 14.8 Å². The third-order valence-corrected chi connectivity index (χ3v) is 4.79. The summed E-state index contributed by atoms with van der Waals surface area (Å²) >= 11 is 1.33. The van der Waals surface area contributed by atoms with E-state index < -0.39 is 0 Å².